The van der Waals surface area contributed by atoms with Gasteiger partial charge in [0.05, 0.1) is 5.69 Å². The van der Waals surface area contributed by atoms with Crippen molar-refractivity contribution in [2.75, 3.05) is 18.0 Å². The molecule has 1 saturated heterocycles. The molecule has 1 atom stereocenters. The Labute approximate surface area is 179 Å². The Balaban J connectivity index is 1.82. The van der Waals surface area contributed by atoms with Gasteiger partial charge in [-0.2, -0.15) is 0 Å². The molecule has 1 aliphatic heterocycles. The number of hydrogen-bond acceptors (Lipinski definition) is 4. The van der Waals surface area contributed by atoms with Crippen molar-refractivity contribution in [3.8, 4) is 28.1 Å². The van der Waals surface area contributed by atoms with E-state index in [2.05, 4.69) is 5.32 Å². The lowest BCUT2D eigenvalue weighted by molar-refractivity contribution is -0.119. The number of aromatic nitrogens is 1. The summed E-state index contributed by atoms with van der Waals surface area (Å²) < 4.78 is 28.5. The van der Waals surface area contributed by atoms with Crippen LogP contribution in [-0.2, 0) is 4.79 Å². The highest BCUT2D eigenvalue weighted by molar-refractivity contribution is 5.77. The lowest BCUT2D eigenvalue weighted by Gasteiger charge is -2.20. The summed E-state index contributed by atoms with van der Waals surface area (Å²) in [5, 5.41) is 13.3. The molecular formula is C24H23F2N3O2. The second-order valence-corrected chi connectivity index (χ2v) is 7.85. The number of benzene rings is 2. The van der Waals surface area contributed by atoms with Crippen LogP contribution in [0.15, 0.2) is 48.5 Å². The highest BCUT2D eigenvalue weighted by Gasteiger charge is 2.25. The van der Waals surface area contributed by atoms with E-state index in [9.17, 15) is 18.7 Å². The number of nitrogens with zero attached hydrogens (tertiary/aromatic N) is 2. The Bertz CT molecular complexity index is 1130. The number of amides is 1. The number of aryl methyl sites for hydroxylation is 1. The normalized spacial score (nSPS) is 15.9. The first-order valence-electron chi connectivity index (χ1n) is 10.1. The molecule has 0 saturated carbocycles. The zero-order valence-corrected chi connectivity index (χ0v) is 17.3. The monoisotopic (exact) mass is 423 g/mol. The van der Waals surface area contributed by atoms with Crippen molar-refractivity contribution in [3.05, 3.63) is 65.7 Å². The molecular weight excluding hydrogens is 400 g/mol. The number of nitrogens with one attached hydrogen (secondary N) is 1. The summed E-state index contributed by atoms with van der Waals surface area (Å²) in [6, 6.07) is 12.6. The molecule has 5 nitrogen and oxygen atoms in total. The second kappa shape index (κ2) is 8.34. The number of rotatable bonds is 4. The summed E-state index contributed by atoms with van der Waals surface area (Å²) in [5.74, 6) is -1.33. The predicted octanol–water partition coefficient (Wildman–Crippen LogP) is 4.42. The first-order chi connectivity index (χ1) is 14.8. The fourth-order valence-electron chi connectivity index (χ4n) is 3.93. The molecule has 0 bridgehead atoms. The summed E-state index contributed by atoms with van der Waals surface area (Å²) in [4.78, 5) is 18.1. The number of anilines is 1. The summed E-state index contributed by atoms with van der Waals surface area (Å²) in [6.07, 6.45) is 0.755. The van der Waals surface area contributed by atoms with Crippen LogP contribution in [0.25, 0.3) is 22.4 Å². The van der Waals surface area contributed by atoms with Crippen molar-refractivity contribution in [1.82, 2.24) is 10.3 Å². The molecule has 31 heavy (non-hydrogen) atoms. The molecule has 1 aromatic heterocycles. The Morgan fingerprint density at radius 1 is 1.16 bits per heavy atom. The first-order valence-corrected chi connectivity index (χ1v) is 10.1. The minimum atomic E-state index is -0.934. The van der Waals surface area contributed by atoms with Gasteiger partial charge in [-0.25, -0.2) is 13.8 Å². The van der Waals surface area contributed by atoms with E-state index >= 15 is 0 Å². The van der Waals surface area contributed by atoms with Crippen LogP contribution < -0.4 is 10.2 Å². The largest absolute Gasteiger partial charge is 0.507 e. The minimum absolute atomic E-state index is 0.00955. The molecule has 1 aliphatic rings. The Morgan fingerprint density at radius 2 is 1.97 bits per heavy atom. The quantitative estimate of drug-likeness (QED) is 0.652. The van der Waals surface area contributed by atoms with Crippen LogP contribution in [0, 0.1) is 18.6 Å². The van der Waals surface area contributed by atoms with Crippen LogP contribution in [-0.4, -0.2) is 35.1 Å². The standard InChI is InChI=1S/C24H23F2N3O2/c1-14-6-7-22(31)19(10-14)21-11-16(18-4-3-5-20(25)24(18)26)12-23(28-21)29-9-8-17(13-29)27-15(2)30/h3-7,10-12,17,31H,8-9,13H2,1-2H3,(H,27,30). The van der Waals surface area contributed by atoms with E-state index in [-0.39, 0.29) is 23.3 Å². The summed E-state index contributed by atoms with van der Waals surface area (Å²) in [5.41, 5.74) is 2.48. The highest BCUT2D eigenvalue weighted by atomic mass is 19.2. The Kier molecular flexibility index (Phi) is 5.59. The third kappa shape index (κ3) is 4.35. The molecule has 0 radical (unpaired) electrons. The van der Waals surface area contributed by atoms with Gasteiger partial charge in [-0.1, -0.05) is 23.8 Å². The smallest absolute Gasteiger partial charge is 0.217 e. The Morgan fingerprint density at radius 3 is 2.74 bits per heavy atom. The van der Waals surface area contributed by atoms with Gasteiger partial charge in [-0.05, 0) is 49.2 Å². The molecule has 1 unspecified atom stereocenters. The number of carbonyl (C=O) groups is 1. The SMILES string of the molecule is CC(=O)NC1CCN(c2cc(-c3cccc(F)c3F)cc(-c3cc(C)ccc3O)n2)C1. The van der Waals surface area contributed by atoms with Gasteiger partial charge in [0, 0.05) is 37.2 Å². The zero-order chi connectivity index (χ0) is 22.1. The highest BCUT2D eigenvalue weighted by Crippen LogP contribution is 2.35. The van der Waals surface area contributed by atoms with Gasteiger partial charge >= 0.3 is 0 Å². The zero-order valence-electron chi connectivity index (χ0n) is 17.3. The molecule has 7 heteroatoms. The maximum atomic E-state index is 14.6. The van der Waals surface area contributed by atoms with E-state index in [1.807, 2.05) is 11.8 Å². The molecule has 4 rings (SSSR count). The maximum absolute atomic E-state index is 14.6. The first kappa shape index (κ1) is 20.8. The van der Waals surface area contributed by atoms with Gasteiger partial charge < -0.3 is 15.3 Å². The third-order valence-corrected chi connectivity index (χ3v) is 5.42. The molecule has 2 aromatic carbocycles. The van der Waals surface area contributed by atoms with Crippen molar-refractivity contribution >= 4 is 11.7 Å². The minimum Gasteiger partial charge on any atom is -0.507 e. The molecule has 1 amide bonds. The second-order valence-electron chi connectivity index (χ2n) is 7.85. The number of carbonyl (C=O) groups excluding carboxylic acids is 1. The van der Waals surface area contributed by atoms with Gasteiger partial charge in [0.15, 0.2) is 11.6 Å². The molecule has 1 fully saturated rings. The number of hydrogen-bond donors (Lipinski definition) is 2. The molecule has 3 aromatic rings. The number of pyridine rings is 1. The van der Waals surface area contributed by atoms with Gasteiger partial charge in [-0.15, -0.1) is 0 Å². The van der Waals surface area contributed by atoms with E-state index in [1.165, 1.54) is 19.1 Å². The predicted molar refractivity (Wildman–Crippen MR) is 116 cm³/mol. The van der Waals surface area contributed by atoms with E-state index in [4.69, 9.17) is 4.98 Å². The van der Waals surface area contributed by atoms with Crippen molar-refractivity contribution in [2.45, 2.75) is 26.3 Å². The van der Waals surface area contributed by atoms with Gasteiger partial charge in [0.1, 0.15) is 11.6 Å². The fraction of sp³-hybridized carbons (Fsp3) is 0.250. The van der Waals surface area contributed by atoms with Crippen molar-refractivity contribution in [3.63, 3.8) is 0 Å². The lowest BCUT2D eigenvalue weighted by atomic mass is 10.0. The number of phenolic OH excluding ortho intramolecular Hbond substituents is 1. The van der Waals surface area contributed by atoms with Crippen LogP contribution in [0.5, 0.6) is 5.75 Å². The van der Waals surface area contributed by atoms with Gasteiger partial charge in [-0.3, -0.25) is 4.79 Å². The van der Waals surface area contributed by atoms with Gasteiger partial charge in [0.25, 0.3) is 0 Å². The molecule has 2 heterocycles. The van der Waals surface area contributed by atoms with E-state index < -0.39 is 11.6 Å². The third-order valence-electron chi connectivity index (χ3n) is 5.42. The Hall–Kier alpha value is -3.48. The van der Waals surface area contributed by atoms with Gasteiger partial charge in [0.2, 0.25) is 5.91 Å². The topological polar surface area (TPSA) is 65.5 Å². The summed E-state index contributed by atoms with van der Waals surface area (Å²) in [7, 11) is 0. The summed E-state index contributed by atoms with van der Waals surface area (Å²) >= 11 is 0. The van der Waals surface area contributed by atoms with Crippen LogP contribution in [0.2, 0.25) is 0 Å². The van der Waals surface area contributed by atoms with Crippen LogP contribution >= 0.6 is 0 Å². The molecule has 0 spiro atoms. The summed E-state index contributed by atoms with van der Waals surface area (Å²) in [6.45, 7) is 4.60. The fourth-order valence-corrected chi connectivity index (χ4v) is 3.93. The van der Waals surface area contributed by atoms with Crippen molar-refractivity contribution in [2.24, 2.45) is 0 Å². The van der Waals surface area contributed by atoms with Crippen molar-refractivity contribution in [1.29, 1.82) is 0 Å². The number of halogens is 2. The molecule has 0 aliphatic carbocycles. The van der Waals surface area contributed by atoms with E-state index in [1.54, 1.807) is 30.3 Å². The van der Waals surface area contributed by atoms with E-state index in [0.29, 0.717) is 35.7 Å². The molecule has 2 N–H and O–H groups in total. The lowest BCUT2D eigenvalue weighted by Crippen LogP contribution is -2.35. The molecule has 160 valence electrons. The van der Waals surface area contributed by atoms with Crippen molar-refractivity contribution < 1.29 is 18.7 Å². The maximum Gasteiger partial charge on any atom is 0.217 e. The average Bonchev–Trinajstić information content (AvgIpc) is 3.19. The van der Waals surface area contributed by atoms with Crippen LogP contribution in [0.1, 0.15) is 18.9 Å². The number of phenols is 1. The number of aromatic hydroxyl groups is 1. The average molecular weight is 423 g/mol. The van der Waals surface area contributed by atoms with Crippen LogP contribution in [0.3, 0.4) is 0 Å². The van der Waals surface area contributed by atoms with E-state index in [0.717, 1.165) is 18.1 Å². The van der Waals surface area contributed by atoms with Crippen LogP contribution in [0.4, 0.5) is 14.6 Å².